The second kappa shape index (κ2) is 12.8. The summed E-state index contributed by atoms with van der Waals surface area (Å²) in [4.78, 5) is 17.3. The molecule has 3 aromatic rings. The number of nitrogens with one attached hydrogen (secondary N) is 1. The van der Waals surface area contributed by atoms with E-state index in [4.69, 9.17) is 33.7 Å². The number of hydrogen-bond donors (Lipinski definition) is 2. The smallest absolute Gasteiger partial charge is 0.459 e. The van der Waals surface area contributed by atoms with Crippen LogP contribution in [-0.4, -0.2) is 63.4 Å². The van der Waals surface area contributed by atoms with Crippen LogP contribution in [0.25, 0.3) is 5.52 Å². The molecule has 2 saturated heterocycles. The van der Waals surface area contributed by atoms with Crippen LogP contribution < -0.4 is 15.3 Å². The fourth-order valence-electron chi connectivity index (χ4n) is 7.96. The van der Waals surface area contributed by atoms with E-state index in [9.17, 15) is 14.6 Å². The van der Waals surface area contributed by atoms with Crippen LogP contribution in [0.15, 0.2) is 42.7 Å². The van der Waals surface area contributed by atoms with Crippen molar-refractivity contribution in [1.82, 2.24) is 19.7 Å². The lowest BCUT2D eigenvalue weighted by atomic mass is 9.65. The van der Waals surface area contributed by atoms with Crippen molar-refractivity contribution >= 4 is 25.1 Å². The lowest BCUT2D eigenvalue weighted by molar-refractivity contribution is -0.204. The number of fused-ring (bicyclic) bond motifs is 2. The number of nitrogens with zero attached hydrogens (tertiary/aromatic N) is 4. The van der Waals surface area contributed by atoms with Crippen LogP contribution in [0.2, 0.25) is 0 Å². The first-order valence-electron chi connectivity index (χ1n) is 17.6. The number of nitrogen functional groups attached to an aromatic ring is 1. The molecule has 0 radical (unpaired) electrons. The summed E-state index contributed by atoms with van der Waals surface area (Å²) < 4.78 is 53.0. The Morgan fingerprint density at radius 1 is 1.14 bits per heavy atom. The molecule has 6 atom stereocenters. The zero-order chi connectivity index (χ0) is 36.4. The number of carbonyl (C=O) groups is 1. The highest BCUT2D eigenvalue weighted by atomic mass is 31.2. The van der Waals surface area contributed by atoms with E-state index in [0.29, 0.717) is 16.6 Å². The first-order chi connectivity index (χ1) is 24.0. The molecule has 4 fully saturated rings. The third kappa shape index (κ3) is 6.76. The number of nitriles is 1. The number of anilines is 1. The quantitative estimate of drug-likeness (QED) is 0.192. The molecular weight excluding hydrogens is 675 g/mol. The Bertz CT molecular complexity index is 1870. The molecule has 14 nitrogen and oxygen atoms in total. The molecule has 2 aliphatic heterocycles. The van der Waals surface area contributed by atoms with Crippen LogP contribution in [0.5, 0.6) is 5.75 Å². The standard InChI is InChI=1S/C36H47N6O8P/c1-22(32(43)46-25-17-35(18-25)15-7-8-16-35)41-51(44,50-24-11-9-23(10-12-24)33(2,3)4)45-19-27-29-30(49-34(5,6)48-29)36(20-37,47-27)28-14-13-26-31(38)39-21-40-42(26)28/h9-14,21-22,25,27,29-30H,7-8,15-19H2,1-6H3,(H,41,44)(H2,38,39,40)/t22-,27+,29+,30+,36-,51?/m0/s1. The number of carbonyl (C=O) groups excluding carboxylic acids is 1. The Labute approximate surface area is 297 Å². The summed E-state index contributed by atoms with van der Waals surface area (Å²) in [5.74, 6) is -1.12. The molecule has 7 rings (SSSR count). The SMILES string of the molecule is C[C@H](NP(=O)(OC[C@H]1O[C@@](C#N)(c2ccc3c(N)ncnn23)[C@@H]2OC(C)(C)O[C@@H]21)Oc1ccc(C(C)(C)C)cc1)C(=O)OC1CC2(CCCC2)C1. The summed E-state index contributed by atoms with van der Waals surface area (Å²) in [5.41, 5.74) is 6.46. The van der Waals surface area contributed by atoms with Gasteiger partial charge in [0.25, 0.3) is 0 Å². The van der Waals surface area contributed by atoms with E-state index >= 15 is 0 Å². The number of rotatable bonds is 10. The third-order valence-electron chi connectivity index (χ3n) is 10.6. The summed E-state index contributed by atoms with van der Waals surface area (Å²) in [5, 5.41) is 17.8. The first-order valence-corrected chi connectivity index (χ1v) is 19.2. The van der Waals surface area contributed by atoms with Crippen molar-refractivity contribution < 1.29 is 37.4 Å². The van der Waals surface area contributed by atoms with Crippen molar-refractivity contribution in [3.63, 3.8) is 0 Å². The highest BCUT2D eigenvalue weighted by Crippen LogP contribution is 2.55. The fraction of sp³-hybridized carbons (Fsp3) is 0.611. The minimum Gasteiger partial charge on any atom is -0.461 e. The van der Waals surface area contributed by atoms with Crippen molar-refractivity contribution in [1.29, 1.82) is 5.26 Å². The highest BCUT2D eigenvalue weighted by Gasteiger charge is 2.65. The maximum Gasteiger partial charge on any atom is 0.459 e. The van der Waals surface area contributed by atoms with Crippen LogP contribution in [0.3, 0.4) is 0 Å². The van der Waals surface area contributed by atoms with Gasteiger partial charge in [-0.1, -0.05) is 45.7 Å². The Morgan fingerprint density at radius 2 is 1.84 bits per heavy atom. The van der Waals surface area contributed by atoms with E-state index in [1.807, 2.05) is 12.1 Å². The monoisotopic (exact) mass is 722 g/mol. The van der Waals surface area contributed by atoms with Crippen molar-refractivity contribution in [2.75, 3.05) is 12.3 Å². The highest BCUT2D eigenvalue weighted by molar-refractivity contribution is 7.52. The Hall–Kier alpha value is -3.57. The topological polar surface area (TPSA) is 182 Å². The van der Waals surface area contributed by atoms with E-state index < -0.39 is 49.5 Å². The molecule has 0 bridgehead atoms. The largest absolute Gasteiger partial charge is 0.461 e. The predicted molar refractivity (Wildman–Crippen MR) is 185 cm³/mol. The number of aromatic nitrogens is 3. The van der Waals surface area contributed by atoms with E-state index in [1.165, 1.54) is 36.5 Å². The van der Waals surface area contributed by atoms with Crippen molar-refractivity contribution in [3.8, 4) is 11.8 Å². The molecule has 1 spiro atoms. The molecule has 2 aliphatic carbocycles. The molecule has 274 valence electrons. The third-order valence-corrected chi connectivity index (χ3v) is 12.2. The Kier molecular flexibility index (Phi) is 9.01. The molecule has 15 heteroatoms. The van der Waals surface area contributed by atoms with Gasteiger partial charge in [-0.2, -0.15) is 15.4 Å². The van der Waals surface area contributed by atoms with E-state index in [2.05, 4.69) is 42.0 Å². The van der Waals surface area contributed by atoms with Crippen LogP contribution >= 0.6 is 7.75 Å². The molecule has 1 unspecified atom stereocenters. The number of hydrogen-bond acceptors (Lipinski definition) is 12. The molecule has 2 saturated carbocycles. The van der Waals surface area contributed by atoms with E-state index in [0.717, 1.165) is 18.4 Å². The second-order valence-electron chi connectivity index (χ2n) is 15.9. The summed E-state index contributed by atoms with van der Waals surface area (Å²) in [6.07, 6.45) is 4.93. The van der Waals surface area contributed by atoms with Gasteiger partial charge < -0.3 is 29.2 Å². The van der Waals surface area contributed by atoms with Crippen LogP contribution in [0.4, 0.5) is 5.82 Å². The first kappa shape index (κ1) is 35.8. The molecule has 4 heterocycles. The zero-order valence-corrected chi connectivity index (χ0v) is 30.9. The van der Waals surface area contributed by atoms with Gasteiger partial charge in [0.2, 0.25) is 5.60 Å². The van der Waals surface area contributed by atoms with Gasteiger partial charge in [-0.3, -0.25) is 9.32 Å². The van der Waals surface area contributed by atoms with Crippen molar-refractivity contribution in [2.45, 2.75) is 127 Å². The average Bonchev–Trinajstić information content (AvgIpc) is 3.83. The number of benzene rings is 1. The lowest BCUT2D eigenvalue weighted by Crippen LogP contribution is -2.45. The molecule has 1 aromatic carbocycles. The summed E-state index contributed by atoms with van der Waals surface area (Å²) in [6.45, 7) is 11.0. The summed E-state index contributed by atoms with van der Waals surface area (Å²) in [7, 11) is -4.30. The summed E-state index contributed by atoms with van der Waals surface area (Å²) in [6, 6.07) is 11.8. The molecule has 3 N–H and O–H groups in total. The zero-order valence-electron chi connectivity index (χ0n) is 30.0. The number of esters is 1. The van der Waals surface area contributed by atoms with Crippen LogP contribution in [0, 0.1) is 16.7 Å². The van der Waals surface area contributed by atoms with Gasteiger partial charge >= 0.3 is 13.7 Å². The molecular formula is C36H47N6O8P. The lowest BCUT2D eigenvalue weighted by Gasteiger charge is -2.44. The average molecular weight is 723 g/mol. The van der Waals surface area contributed by atoms with Gasteiger partial charge in [0.05, 0.1) is 12.3 Å². The van der Waals surface area contributed by atoms with Crippen molar-refractivity contribution in [2.24, 2.45) is 5.41 Å². The van der Waals surface area contributed by atoms with Crippen molar-refractivity contribution in [3.05, 3.63) is 54.0 Å². The van der Waals surface area contributed by atoms with E-state index in [-0.39, 0.29) is 29.7 Å². The van der Waals surface area contributed by atoms with Gasteiger partial charge in [-0.05, 0) is 87.1 Å². The Morgan fingerprint density at radius 3 is 2.51 bits per heavy atom. The van der Waals surface area contributed by atoms with Gasteiger partial charge in [-0.25, -0.2) is 14.1 Å². The summed E-state index contributed by atoms with van der Waals surface area (Å²) >= 11 is 0. The number of nitrogens with two attached hydrogens (primary N) is 1. The maximum atomic E-state index is 14.6. The van der Waals surface area contributed by atoms with Gasteiger partial charge in [-0.15, -0.1) is 0 Å². The van der Waals surface area contributed by atoms with Gasteiger partial charge in [0.15, 0.2) is 11.6 Å². The molecule has 2 aromatic heterocycles. The number of ether oxygens (including phenoxy) is 4. The second-order valence-corrected chi connectivity index (χ2v) is 17.6. The fourth-order valence-corrected chi connectivity index (χ4v) is 9.46. The van der Waals surface area contributed by atoms with Crippen LogP contribution in [-0.2, 0) is 43.8 Å². The molecule has 51 heavy (non-hydrogen) atoms. The molecule has 0 amide bonds. The van der Waals surface area contributed by atoms with E-state index in [1.54, 1.807) is 45.0 Å². The molecule has 4 aliphatic rings. The van der Waals surface area contributed by atoms with Gasteiger partial charge in [0.1, 0.15) is 54.1 Å². The minimum atomic E-state index is -4.30. The Balaban J connectivity index is 1.13. The van der Waals surface area contributed by atoms with Gasteiger partial charge in [0, 0.05) is 0 Å². The maximum absolute atomic E-state index is 14.6. The predicted octanol–water partition coefficient (Wildman–Crippen LogP) is 5.69. The minimum absolute atomic E-state index is 0.113. The van der Waals surface area contributed by atoms with Crippen LogP contribution in [0.1, 0.15) is 91.3 Å². The normalized spacial score (nSPS) is 28.5.